The summed E-state index contributed by atoms with van der Waals surface area (Å²) in [5.74, 6) is 0. The molecular formula is C10H10F6N2O3S. The minimum atomic E-state index is -6.22. The van der Waals surface area contributed by atoms with E-state index >= 15 is 0 Å². The predicted molar refractivity (Wildman–Crippen MR) is 60.7 cm³/mol. The van der Waals surface area contributed by atoms with E-state index in [1.807, 2.05) is 0 Å². The van der Waals surface area contributed by atoms with Crippen LogP contribution in [0, 0.1) is 16.7 Å². The third kappa shape index (κ3) is 3.45. The van der Waals surface area contributed by atoms with E-state index in [2.05, 4.69) is 9.44 Å². The molecule has 1 aliphatic carbocycles. The van der Waals surface area contributed by atoms with Crippen LogP contribution in [0.1, 0.15) is 32.1 Å². The van der Waals surface area contributed by atoms with Gasteiger partial charge in [-0.2, -0.15) is 40.0 Å². The minimum Gasteiger partial charge on any atom is -0.261 e. The Labute approximate surface area is 121 Å². The Kier molecular flexibility index (Phi) is 5.01. The van der Waals surface area contributed by atoms with E-state index in [1.165, 1.54) is 0 Å². The molecular weight excluding hydrogens is 342 g/mol. The molecule has 0 unspecified atom stereocenters. The highest BCUT2D eigenvalue weighted by Gasteiger charge is 2.59. The highest BCUT2D eigenvalue weighted by molar-refractivity contribution is 7.87. The topological polar surface area (TPSA) is 79.5 Å². The lowest BCUT2D eigenvalue weighted by atomic mass is 9.70. The van der Waals surface area contributed by atoms with Gasteiger partial charge in [-0.25, -0.2) is 0 Å². The lowest BCUT2D eigenvalue weighted by Gasteiger charge is -2.36. The molecule has 1 fully saturated rings. The lowest BCUT2D eigenvalue weighted by molar-refractivity contribution is -0.206. The smallest absolute Gasteiger partial charge is 0.261 e. The van der Waals surface area contributed by atoms with Crippen LogP contribution in [0.4, 0.5) is 26.3 Å². The Morgan fingerprint density at radius 1 is 1.09 bits per heavy atom. The molecule has 0 N–H and O–H groups in total. The van der Waals surface area contributed by atoms with Crippen LogP contribution in [0.3, 0.4) is 0 Å². The van der Waals surface area contributed by atoms with Crippen molar-refractivity contribution < 1.29 is 39.0 Å². The summed E-state index contributed by atoms with van der Waals surface area (Å²) < 4.78 is 100. The van der Waals surface area contributed by atoms with E-state index in [4.69, 9.17) is 5.26 Å². The minimum absolute atomic E-state index is 0.0756. The Morgan fingerprint density at radius 2 is 1.59 bits per heavy atom. The largest absolute Gasteiger partial charge is 0.536 e. The zero-order valence-corrected chi connectivity index (χ0v) is 11.6. The first-order chi connectivity index (χ1) is 9.87. The van der Waals surface area contributed by atoms with Crippen LogP contribution in [0.15, 0.2) is 5.16 Å². The van der Waals surface area contributed by atoms with Crippen LogP contribution in [-0.2, 0) is 14.4 Å². The molecule has 126 valence electrons. The van der Waals surface area contributed by atoms with Gasteiger partial charge in [0.1, 0.15) is 11.5 Å². The van der Waals surface area contributed by atoms with Crippen molar-refractivity contribution in [3.63, 3.8) is 0 Å². The number of halogens is 6. The summed E-state index contributed by atoms with van der Waals surface area (Å²) in [4.78, 5) is 0. The van der Waals surface area contributed by atoms with E-state index in [9.17, 15) is 34.8 Å². The second-order valence-corrected chi connectivity index (χ2v) is 6.19. The maximum absolute atomic E-state index is 13.2. The second-order valence-electron chi connectivity index (χ2n) is 4.67. The van der Waals surface area contributed by atoms with E-state index < -0.39 is 45.8 Å². The van der Waals surface area contributed by atoms with E-state index in [0.717, 1.165) is 6.07 Å². The molecule has 1 saturated carbocycles. The Balaban J connectivity index is 3.23. The summed E-state index contributed by atoms with van der Waals surface area (Å²) in [6.07, 6.45) is -5.50. The SMILES string of the molecule is N#CC(=NOS(=O)(=O)C(F)(F)F)C1(C(F)(F)F)CCCCC1. The number of nitrogens with zero attached hydrogens (tertiary/aromatic N) is 2. The molecule has 1 aliphatic rings. The Morgan fingerprint density at radius 3 is 1.95 bits per heavy atom. The van der Waals surface area contributed by atoms with Crippen LogP contribution in [0.5, 0.6) is 0 Å². The number of hydrogen-bond acceptors (Lipinski definition) is 5. The van der Waals surface area contributed by atoms with E-state index in [-0.39, 0.29) is 12.8 Å². The first kappa shape index (κ1) is 18.5. The van der Waals surface area contributed by atoms with Crippen molar-refractivity contribution in [2.45, 2.75) is 43.8 Å². The van der Waals surface area contributed by atoms with Gasteiger partial charge in [-0.15, -0.1) is 0 Å². The molecule has 0 atom stereocenters. The first-order valence-corrected chi connectivity index (χ1v) is 7.33. The van der Waals surface area contributed by atoms with Crippen molar-refractivity contribution in [2.24, 2.45) is 10.6 Å². The maximum Gasteiger partial charge on any atom is 0.536 e. The lowest BCUT2D eigenvalue weighted by Crippen LogP contribution is -2.46. The molecule has 12 heteroatoms. The molecule has 0 heterocycles. The number of nitriles is 1. The van der Waals surface area contributed by atoms with Gasteiger partial charge in [-0.1, -0.05) is 24.4 Å². The normalized spacial score (nSPS) is 20.3. The number of hydrogen-bond donors (Lipinski definition) is 0. The molecule has 0 radical (unpaired) electrons. The van der Waals surface area contributed by atoms with E-state index in [1.54, 1.807) is 0 Å². The summed E-state index contributed by atoms with van der Waals surface area (Å²) in [6, 6.07) is 1.02. The molecule has 0 bridgehead atoms. The average molecular weight is 352 g/mol. The number of oxime groups is 1. The summed E-state index contributed by atoms with van der Waals surface area (Å²) in [5, 5.41) is 11.1. The molecule has 22 heavy (non-hydrogen) atoms. The van der Waals surface area contributed by atoms with Crippen LogP contribution in [0.2, 0.25) is 0 Å². The standard InChI is InChI=1S/C10H10F6N2O3S/c11-9(12,13)8(4-2-1-3-5-8)7(6-17)18-21-22(19,20)10(14,15)16/h1-5H2. The van der Waals surface area contributed by atoms with Gasteiger partial charge < -0.3 is 0 Å². The fourth-order valence-corrected chi connectivity index (χ4v) is 2.41. The van der Waals surface area contributed by atoms with Crippen molar-refractivity contribution in [3.05, 3.63) is 0 Å². The summed E-state index contributed by atoms with van der Waals surface area (Å²) >= 11 is 0. The van der Waals surface area contributed by atoms with Crippen molar-refractivity contribution >= 4 is 15.8 Å². The monoisotopic (exact) mass is 352 g/mol. The fraction of sp³-hybridized carbons (Fsp3) is 0.800. The summed E-state index contributed by atoms with van der Waals surface area (Å²) in [5.41, 5.74) is -10.1. The molecule has 0 aromatic rings. The van der Waals surface area contributed by atoms with Gasteiger partial charge in [0.25, 0.3) is 0 Å². The van der Waals surface area contributed by atoms with Crippen LogP contribution in [0.25, 0.3) is 0 Å². The van der Waals surface area contributed by atoms with Crippen molar-refractivity contribution in [1.29, 1.82) is 5.26 Å². The second kappa shape index (κ2) is 5.94. The maximum atomic E-state index is 13.2. The Hall–Kier alpha value is -1.51. The van der Waals surface area contributed by atoms with Crippen LogP contribution >= 0.6 is 0 Å². The molecule has 0 spiro atoms. The molecule has 0 aromatic heterocycles. The van der Waals surface area contributed by atoms with Gasteiger partial charge in [-0.3, -0.25) is 4.28 Å². The summed E-state index contributed by atoms with van der Waals surface area (Å²) in [7, 11) is -6.22. The molecule has 0 saturated heterocycles. The predicted octanol–water partition coefficient (Wildman–Crippen LogP) is 3.24. The third-order valence-corrected chi connectivity index (χ3v) is 4.16. The number of rotatable bonds is 3. The fourth-order valence-electron chi connectivity index (χ4n) is 2.15. The van der Waals surface area contributed by atoms with Gasteiger partial charge in [0.2, 0.25) is 0 Å². The third-order valence-electron chi connectivity index (χ3n) is 3.32. The highest BCUT2D eigenvalue weighted by Crippen LogP contribution is 2.50. The quantitative estimate of drug-likeness (QED) is 0.338. The highest BCUT2D eigenvalue weighted by atomic mass is 32.2. The van der Waals surface area contributed by atoms with Gasteiger partial charge in [0, 0.05) is 0 Å². The zero-order valence-electron chi connectivity index (χ0n) is 10.8. The molecule has 0 aliphatic heterocycles. The molecule has 5 nitrogen and oxygen atoms in total. The van der Waals surface area contributed by atoms with Crippen LogP contribution < -0.4 is 0 Å². The average Bonchev–Trinajstić information content (AvgIpc) is 2.37. The Bertz CT molecular complexity index is 581. The van der Waals surface area contributed by atoms with Gasteiger partial charge in [0.05, 0.1) is 0 Å². The number of alkyl halides is 6. The van der Waals surface area contributed by atoms with Gasteiger partial charge >= 0.3 is 21.8 Å². The first-order valence-electron chi connectivity index (χ1n) is 5.92. The van der Waals surface area contributed by atoms with Crippen molar-refractivity contribution in [3.8, 4) is 6.07 Å². The van der Waals surface area contributed by atoms with Crippen molar-refractivity contribution in [1.82, 2.24) is 0 Å². The van der Waals surface area contributed by atoms with Crippen molar-refractivity contribution in [2.75, 3.05) is 0 Å². The molecule has 0 amide bonds. The summed E-state index contributed by atoms with van der Waals surface area (Å²) in [6.45, 7) is 0. The van der Waals surface area contributed by atoms with E-state index in [0.29, 0.717) is 6.42 Å². The van der Waals surface area contributed by atoms with Gasteiger partial charge in [-0.05, 0) is 12.8 Å². The molecule has 0 aromatic carbocycles. The van der Waals surface area contributed by atoms with Gasteiger partial charge in [0.15, 0.2) is 5.71 Å². The zero-order chi connectivity index (χ0) is 17.2. The van der Waals surface area contributed by atoms with Crippen LogP contribution in [-0.4, -0.2) is 25.8 Å². The molecule has 1 rings (SSSR count).